The van der Waals surface area contributed by atoms with E-state index in [0.717, 1.165) is 47.3 Å². The predicted molar refractivity (Wildman–Crippen MR) is 122 cm³/mol. The maximum atomic E-state index is 2.75. The van der Waals surface area contributed by atoms with Crippen molar-refractivity contribution in [3.8, 4) is 0 Å². The van der Waals surface area contributed by atoms with Gasteiger partial charge in [0, 0.05) is 0 Å². The van der Waals surface area contributed by atoms with Gasteiger partial charge in [-0.2, -0.15) is 0 Å². The lowest BCUT2D eigenvalue weighted by molar-refractivity contribution is -0.114. The van der Waals surface area contributed by atoms with Crippen LogP contribution in [-0.2, 0) is 0 Å². The largest absolute Gasteiger partial charge is 0.0625 e. The molecule has 0 aliphatic heterocycles. The average Bonchev–Trinajstić information content (AvgIpc) is 3.02. The highest BCUT2D eigenvalue weighted by molar-refractivity contribution is 5.09. The van der Waals surface area contributed by atoms with Gasteiger partial charge < -0.3 is 0 Å². The molecule has 1 unspecified atom stereocenters. The molecule has 0 aromatic heterocycles. The third-order valence-electron chi connectivity index (χ3n) is 11.6. The van der Waals surface area contributed by atoms with E-state index in [1.165, 1.54) is 25.7 Å². The van der Waals surface area contributed by atoms with Crippen LogP contribution in [0.25, 0.3) is 0 Å². The Morgan fingerprint density at radius 3 is 2.21 bits per heavy atom. The third-order valence-corrected chi connectivity index (χ3v) is 11.6. The third kappa shape index (κ3) is 3.41. The summed E-state index contributed by atoms with van der Waals surface area (Å²) in [7, 11) is 0. The van der Waals surface area contributed by atoms with Gasteiger partial charge in [-0.1, -0.05) is 67.2 Å². The summed E-state index contributed by atoms with van der Waals surface area (Å²) in [6.45, 7) is 15.4. The highest BCUT2D eigenvalue weighted by Crippen LogP contribution is 2.68. The molecule has 0 nitrogen and oxygen atoms in total. The Morgan fingerprint density at radius 2 is 1.46 bits per heavy atom. The molecule has 4 aliphatic rings. The van der Waals surface area contributed by atoms with Gasteiger partial charge in [-0.05, 0) is 110 Å². The van der Waals surface area contributed by atoms with E-state index in [1.54, 1.807) is 51.4 Å². The zero-order valence-corrected chi connectivity index (χ0v) is 20.1. The van der Waals surface area contributed by atoms with Crippen LogP contribution >= 0.6 is 0 Å². The monoisotopic (exact) mass is 386 g/mol. The Labute approximate surface area is 177 Å². The number of hydrogen-bond donors (Lipinski definition) is 0. The van der Waals surface area contributed by atoms with Crippen LogP contribution in [0.3, 0.4) is 0 Å². The van der Waals surface area contributed by atoms with Crippen LogP contribution in [0.1, 0.15) is 119 Å². The van der Waals surface area contributed by atoms with Gasteiger partial charge in [-0.25, -0.2) is 0 Å². The first-order valence-corrected chi connectivity index (χ1v) is 13.3. The van der Waals surface area contributed by atoms with E-state index in [2.05, 4.69) is 41.5 Å². The Bertz CT molecular complexity index is 534. The second kappa shape index (κ2) is 7.92. The number of fused-ring (bicyclic) bond motifs is 5. The van der Waals surface area contributed by atoms with Crippen LogP contribution in [0, 0.1) is 58.2 Å². The first-order valence-electron chi connectivity index (χ1n) is 13.3. The topological polar surface area (TPSA) is 0 Å². The summed E-state index contributed by atoms with van der Waals surface area (Å²) in [5, 5.41) is 0. The predicted octanol–water partition coefficient (Wildman–Crippen LogP) is 8.74. The van der Waals surface area contributed by atoms with Crippen LogP contribution < -0.4 is 0 Å². The summed E-state index contributed by atoms with van der Waals surface area (Å²) in [5.74, 6) is 7.96. The molecule has 0 heterocycles. The molecule has 0 radical (unpaired) electrons. The van der Waals surface area contributed by atoms with E-state index in [0.29, 0.717) is 10.8 Å². The second-order valence-electron chi connectivity index (χ2n) is 12.9. The molecule has 4 aliphatic carbocycles. The smallest absolute Gasteiger partial charge is 0.0264 e. The minimum atomic E-state index is 0.666. The highest BCUT2D eigenvalue weighted by Gasteiger charge is 2.60. The van der Waals surface area contributed by atoms with Gasteiger partial charge in [0.2, 0.25) is 0 Å². The van der Waals surface area contributed by atoms with Crippen molar-refractivity contribution in [1.29, 1.82) is 0 Å². The standard InChI is InChI=1S/C28H50/c1-19(2)20(3)10-11-21(4)24-14-15-25-23-13-12-22-9-7-8-17-27(22,5)26(23)16-18-28(24,25)6/h19-26H,7-18H2,1-6H3/t20?,21-,22+,23+,24-,25+,26+,27+,28+/m1/s1. The molecule has 0 N–H and O–H groups in total. The molecule has 0 heteroatoms. The fraction of sp³-hybridized carbons (Fsp3) is 1.00. The van der Waals surface area contributed by atoms with E-state index in [9.17, 15) is 0 Å². The molecule has 28 heavy (non-hydrogen) atoms. The molecule has 9 atom stereocenters. The highest BCUT2D eigenvalue weighted by atomic mass is 14.6. The summed E-state index contributed by atoms with van der Waals surface area (Å²) in [6, 6.07) is 0. The van der Waals surface area contributed by atoms with Crippen LogP contribution in [0.15, 0.2) is 0 Å². The van der Waals surface area contributed by atoms with Crippen molar-refractivity contribution in [2.45, 2.75) is 119 Å². The van der Waals surface area contributed by atoms with Crippen molar-refractivity contribution in [3.05, 3.63) is 0 Å². The minimum absolute atomic E-state index is 0.666. The first kappa shape index (κ1) is 21.2. The summed E-state index contributed by atoms with van der Waals surface area (Å²) < 4.78 is 0. The summed E-state index contributed by atoms with van der Waals surface area (Å²) >= 11 is 0. The van der Waals surface area contributed by atoms with Gasteiger partial charge in [0.05, 0.1) is 0 Å². The van der Waals surface area contributed by atoms with E-state index < -0.39 is 0 Å². The lowest BCUT2D eigenvalue weighted by Crippen LogP contribution is -2.53. The molecule has 0 amide bonds. The molecule has 4 saturated carbocycles. The zero-order valence-electron chi connectivity index (χ0n) is 20.1. The molecule has 0 saturated heterocycles. The Kier molecular flexibility index (Phi) is 6.01. The maximum Gasteiger partial charge on any atom is -0.0264 e. The van der Waals surface area contributed by atoms with Crippen LogP contribution in [0.2, 0.25) is 0 Å². The van der Waals surface area contributed by atoms with Gasteiger partial charge in [0.1, 0.15) is 0 Å². The van der Waals surface area contributed by atoms with Crippen molar-refractivity contribution in [2.24, 2.45) is 58.2 Å². The minimum Gasteiger partial charge on any atom is -0.0625 e. The number of hydrogen-bond acceptors (Lipinski definition) is 0. The number of rotatable bonds is 5. The van der Waals surface area contributed by atoms with Crippen molar-refractivity contribution < 1.29 is 0 Å². The zero-order chi connectivity index (χ0) is 20.1. The van der Waals surface area contributed by atoms with E-state index in [1.807, 2.05) is 0 Å². The van der Waals surface area contributed by atoms with E-state index >= 15 is 0 Å². The summed E-state index contributed by atoms with van der Waals surface area (Å²) in [6.07, 6.45) is 18.4. The van der Waals surface area contributed by atoms with Gasteiger partial charge in [-0.15, -0.1) is 0 Å². The fourth-order valence-electron chi connectivity index (χ4n) is 9.33. The molecular weight excluding hydrogens is 336 g/mol. The second-order valence-corrected chi connectivity index (χ2v) is 12.9. The summed E-state index contributed by atoms with van der Waals surface area (Å²) in [4.78, 5) is 0. The normalized spacial score (nSPS) is 47.9. The first-order chi connectivity index (χ1) is 13.3. The Hall–Kier alpha value is 0. The van der Waals surface area contributed by atoms with E-state index in [4.69, 9.17) is 0 Å². The average molecular weight is 387 g/mol. The molecule has 0 spiro atoms. The lowest BCUT2D eigenvalue weighted by atomic mass is 9.44. The quantitative estimate of drug-likeness (QED) is 0.443. The van der Waals surface area contributed by atoms with Crippen molar-refractivity contribution in [2.75, 3.05) is 0 Å². The fourth-order valence-corrected chi connectivity index (χ4v) is 9.33. The SMILES string of the molecule is CC(C)C(C)CC[C@@H](C)[C@H]1CC[C@H]2[C@@H]3CC[C@@H]4CCCC[C@]4(C)[C@H]3CC[C@@]12C. The van der Waals surface area contributed by atoms with Crippen molar-refractivity contribution in [3.63, 3.8) is 0 Å². The van der Waals surface area contributed by atoms with Crippen molar-refractivity contribution in [1.82, 2.24) is 0 Å². The van der Waals surface area contributed by atoms with Gasteiger partial charge >= 0.3 is 0 Å². The molecule has 4 fully saturated rings. The Morgan fingerprint density at radius 1 is 0.714 bits per heavy atom. The molecule has 4 rings (SSSR count). The van der Waals surface area contributed by atoms with Crippen LogP contribution in [0.4, 0.5) is 0 Å². The van der Waals surface area contributed by atoms with Gasteiger partial charge in [-0.3, -0.25) is 0 Å². The van der Waals surface area contributed by atoms with Gasteiger partial charge in [0.25, 0.3) is 0 Å². The molecule has 0 bridgehead atoms. The van der Waals surface area contributed by atoms with E-state index in [-0.39, 0.29) is 0 Å². The van der Waals surface area contributed by atoms with Crippen molar-refractivity contribution >= 4 is 0 Å². The summed E-state index contributed by atoms with van der Waals surface area (Å²) in [5.41, 5.74) is 1.37. The van der Waals surface area contributed by atoms with Crippen LogP contribution in [0.5, 0.6) is 0 Å². The maximum absolute atomic E-state index is 2.75. The molecule has 162 valence electrons. The van der Waals surface area contributed by atoms with Crippen LogP contribution in [-0.4, -0.2) is 0 Å². The molecular formula is C28H50. The lowest BCUT2D eigenvalue weighted by Gasteiger charge is -2.61. The molecule has 0 aromatic rings. The Balaban J connectivity index is 1.46. The molecule has 0 aromatic carbocycles. The van der Waals surface area contributed by atoms with Gasteiger partial charge in [0.15, 0.2) is 0 Å².